The van der Waals surface area contributed by atoms with E-state index in [1.54, 1.807) is 12.1 Å². The summed E-state index contributed by atoms with van der Waals surface area (Å²) < 4.78 is 1.99. The van der Waals surface area contributed by atoms with Crippen molar-refractivity contribution in [2.24, 2.45) is 0 Å². The van der Waals surface area contributed by atoms with Crippen LogP contribution in [0.1, 0.15) is 12.5 Å². The molecular weight excluding hydrogens is 198 g/mol. The third-order valence-electron chi connectivity index (χ3n) is 2.54. The van der Waals surface area contributed by atoms with Crippen LogP contribution in [0, 0.1) is 6.92 Å². The van der Waals surface area contributed by atoms with Gasteiger partial charge in [0, 0.05) is 18.0 Å². The first-order valence-corrected chi connectivity index (χ1v) is 5.00. The Balaban J connectivity index is 2.89. The number of aromatic hydroxyl groups is 1. The molecule has 1 aromatic carbocycles. The van der Waals surface area contributed by atoms with Gasteiger partial charge in [0.2, 0.25) is 0 Å². The molecule has 0 bridgehead atoms. The number of hydrogen-bond acceptors (Lipinski definition) is 1. The van der Waals surface area contributed by atoms with Crippen LogP contribution >= 0.6 is 11.6 Å². The van der Waals surface area contributed by atoms with Gasteiger partial charge in [-0.25, -0.2) is 0 Å². The lowest BCUT2D eigenvalue weighted by atomic mass is 10.2. The summed E-state index contributed by atoms with van der Waals surface area (Å²) in [4.78, 5) is 0. The van der Waals surface area contributed by atoms with E-state index in [1.807, 2.05) is 24.5 Å². The summed E-state index contributed by atoms with van der Waals surface area (Å²) in [5, 5.41) is 11.3. The van der Waals surface area contributed by atoms with Gasteiger partial charge in [0.25, 0.3) is 0 Å². The van der Waals surface area contributed by atoms with Crippen LogP contribution < -0.4 is 0 Å². The molecular formula is C11H12ClNO. The van der Waals surface area contributed by atoms with E-state index in [1.165, 1.54) is 0 Å². The molecule has 0 aliphatic carbocycles. The van der Waals surface area contributed by atoms with Crippen molar-refractivity contribution in [1.29, 1.82) is 0 Å². The van der Waals surface area contributed by atoms with E-state index in [9.17, 15) is 5.11 Å². The van der Waals surface area contributed by atoms with Crippen molar-refractivity contribution >= 4 is 22.5 Å². The SMILES string of the molecule is CCn1c(Cl)c(C)c2ccc(O)cc21. The number of aromatic nitrogens is 1. The lowest BCUT2D eigenvalue weighted by Crippen LogP contribution is -1.92. The zero-order chi connectivity index (χ0) is 10.3. The molecule has 3 heteroatoms. The molecule has 0 amide bonds. The standard InChI is InChI=1S/C11H12ClNO/c1-3-13-10-6-8(14)4-5-9(10)7(2)11(13)12/h4-6,14H,3H2,1-2H3. The third-order valence-corrected chi connectivity index (χ3v) is 3.03. The molecule has 2 aromatic rings. The van der Waals surface area contributed by atoms with Crippen LogP contribution in [-0.4, -0.2) is 9.67 Å². The normalized spacial score (nSPS) is 11.1. The number of phenols is 1. The maximum absolute atomic E-state index is 9.39. The number of fused-ring (bicyclic) bond motifs is 1. The minimum absolute atomic E-state index is 0.279. The Bertz CT molecular complexity index is 487. The highest BCUT2D eigenvalue weighted by Gasteiger charge is 2.10. The maximum Gasteiger partial charge on any atom is 0.117 e. The molecule has 0 spiro atoms. The molecule has 0 saturated carbocycles. The molecule has 0 unspecified atom stereocenters. The molecule has 0 aliphatic heterocycles. The van der Waals surface area contributed by atoms with Gasteiger partial charge in [-0.05, 0) is 31.5 Å². The summed E-state index contributed by atoms with van der Waals surface area (Å²) in [5.74, 6) is 0.279. The Morgan fingerprint density at radius 2 is 2.14 bits per heavy atom. The predicted octanol–water partition coefficient (Wildman–Crippen LogP) is 3.33. The average Bonchev–Trinajstić information content (AvgIpc) is 2.39. The average molecular weight is 210 g/mol. The number of hydrogen-bond donors (Lipinski definition) is 1. The van der Waals surface area contributed by atoms with Crippen molar-refractivity contribution in [2.75, 3.05) is 0 Å². The fourth-order valence-corrected chi connectivity index (χ4v) is 2.10. The van der Waals surface area contributed by atoms with Crippen molar-refractivity contribution in [3.63, 3.8) is 0 Å². The highest BCUT2D eigenvalue weighted by Crippen LogP contribution is 2.31. The van der Waals surface area contributed by atoms with E-state index in [4.69, 9.17) is 11.6 Å². The molecule has 0 saturated heterocycles. The Morgan fingerprint density at radius 3 is 2.79 bits per heavy atom. The summed E-state index contributed by atoms with van der Waals surface area (Å²) in [5.41, 5.74) is 2.07. The monoisotopic (exact) mass is 209 g/mol. The zero-order valence-corrected chi connectivity index (χ0v) is 8.97. The number of nitrogens with zero attached hydrogens (tertiary/aromatic N) is 1. The molecule has 2 rings (SSSR count). The fraction of sp³-hybridized carbons (Fsp3) is 0.273. The first kappa shape index (κ1) is 9.41. The molecule has 1 N–H and O–H groups in total. The minimum Gasteiger partial charge on any atom is -0.508 e. The topological polar surface area (TPSA) is 25.2 Å². The Morgan fingerprint density at radius 1 is 1.43 bits per heavy atom. The number of benzene rings is 1. The van der Waals surface area contributed by atoms with Crippen molar-refractivity contribution < 1.29 is 5.11 Å². The van der Waals surface area contributed by atoms with Crippen LogP contribution in [0.5, 0.6) is 5.75 Å². The second kappa shape index (κ2) is 3.21. The zero-order valence-electron chi connectivity index (χ0n) is 8.21. The second-order valence-electron chi connectivity index (χ2n) is 3.36. The van der Waals surface area contributed by atoms with Crippen LogP contribution in [-0.2, 0) is 6.54 Å². The summed E-state index contributed by atoms with van der Waals surface area (Å²) in [6.07, 6.45) is 0. The Hall–Kier alpha value is -1.15. The fourth-order valence-electron chi connectivity index (χ4n) is 1.79. The summed E-state index contributed by atoms with van der Waals surface area (Å²) in [6.45, 7) is 4.84. The van der Waals surface area contributed by atoms with Gasteiger partial charge < -0.3 is 9.67 Å². The van der Waals surface area contributed by atoms with E-state index < -0.39 is 0 Å². The van der Waals surface area contributed by atoms with Crippen LogP contribution in [0.3, 0.4) is 0 Å². The van der Waals surface area contributed by atoms with Gasteiger partial charge in [0.05, 0.1) is 5.52 Å². The van der Waals surface area contributed by atoms with Gasteiger partial charge in [0.1, 0.15) is 10.9 Å². The van der Waals surface area contributed by atoms with Crippen LogP contribution in [0.2, 0.25) is 5.15 Å². The lowest BCUT2D eigenvalue weighted by Gasteiger charge is -2.02. The highest BCUT2D eigenvalue weighted by molar-refractivity contribution is 6.32. The quantitative estimate of drug-likeness (QED) is 0.766. The summed E-state index contributed by atoms with van der Waals surface area (Å²) >= 11 is 6.17. The minimum atomic E-state index is 0.279. The van der Waals surface area contributed by atoms with Crippen molar-refractivity contribution in [2.45, 2.75) is 20.4 Å². The van der Waals surface area contributed by atoms with Crippen molar-refractivity contribution in [1.82, 2.24) is 4.57 Å². The van der Waals surface area contributed by atoms with Crippen LogP contribution in [0.4, 0.5) is 0 Å². The lowest BCUT2D eigenvalue weighted by molar-refractivity contribution is 0.476. The number of halogens is 1. The highest BCUT2D eigenvalue weighted by atomic mass is 35.5. The van der Waals surface area contributed by atoms with Crippen LogP contribution in [0.25, 0.3) is 10.9 Å². The molecule has 0 aliphatic rings. The third kappa shape index (κ3) is 1.18. The smallest absolute Gasteiger partial charge is 0.117 e. The molecule has 0 radical (unpaired) electrons. The van der Waals surface area contributed by atoms with Crippen LogP contribution in [0.15, 0.2) is 18.2 Å². The van der Waals surface area contributed by atoms with Gasteiger partial charge in [-0.1, -0.05) is 11.6 Å². The maximum atomic E-state index is 9.39. The van der Waals surface area contributed by atoms with E-state index in [0.29, 0.717) is 0 Å². The number of rotatable bonds is 1. The first-order valence-electron chi connectivity index (χ1n) is 4.62. The van der Waals surface area contributed by atoms with E-state index in [2.05, 4.69) is 0 Å². The van der Waals surface area contributed by atoms with E-state index in [0.717, 1.165) is 28.2 Å². The molecule has 1 heterocycles. The molecule has 0 fully saturated rings. The van der Waals surface area contributed by atoms with Gasteiger partial charge in [-0.2, -0.15) is 0 Å². The van der Waals surface area contributed by atoms with Gasteiger partial charge in [-0.15, -0.1) is 0 Å². The molecule has 2 nitrogen and oxygen atoms in total. The molecule has 1 aromatic heterocycles. The van der Waals surface area contributed by atoms with Gasteiger partial charge >= 0.3 is 0 Å². The summed E-state index contributed by atoms with van der Waals surface area (Å²) in [6, 6.07) is 5.33. The molecule has 0 atom stereocenters. The van der Waals surface area contributed by atoms with Gasteiger partial charge in [0.15, 0.2) is 0 Å². The van der Waals surface area contributed by atoms with Crippen molar-refractivity contribution in [3.8, 4) is 5.75 Å². The number of phenolic OH excluding ortho intramolecular Hbond substituents is 1. The van der Waals surface area contributed by atoms with E-state index >= 15 is 0 Å². The number of aryl methyl sites for hydroxylation is 2. The first-order chi connectivity index (χ1) is 6.65. The largest absolute Gasteiger partial charge is 0.508 e. The van der Waals surface area contributed by atoms with Crippen molar-refractivity contribution in [3.05, 3.63) is 28.9 Å². The summed E-state index contributed by atoms with van der Waals surface area (Å²) in [7, 11) is 0. The van der Waals surface area contributed by atoms with Gasteiger partial charge in [-0.3, -0.25) is 0 Å². The molecule has 74 valence electrons. The Labute approximate surface area is 87.7 Å². The predicted molar refractivity (Wildman–Crippen MR) is 59.0 cm³/mol. The Kier molecular flexibility index (Phi) is 2.16. The molecule has 14 heavy (non-hydrogen) atoms. The van der Waals surface area contributed by atoms with E-state index in [-0.39, 0.29) is 5.75 Å². The second-order valence-corrected chi connectivity index (χ2v) is 3.72.